The number of aliphatic hydroxyl groups is 1. The molecule has 20 heavy (non-hydrogen) atoms. The van der Waals surface area contributed by atoms with Gasteiger partial charge in [0.25, 0.3) is 5.91 Å². The lowest BCUT2D eigenvalue weighted by molar-refractivity contribution is -0.0818. The van der Waals surface area contributed by atoms with E-state index in [0.717, 1.165) is 15.2 Å². The molecule has 2 rings (SSSR count). The summed E-state index contributed by atoms with van der Waals surface area (Å²) in [6.07, 6.45) is 2.30. The summed E-state index contributed by atoms with van der Waals surface area (Å²) < 4.78 is 0.811. The fraction of sp³-hybridized carbons (Fsp3) is 0.333. The van der Waals surface area contributed by atoms with Crippen molar-refractivity contribution in [3.63, 3.8) is 0 Å². The average Bonchev–Trinajstić information content (AvgIpc) is 2.61. The third-order valence-electron chi connectivity index (χ3n) is 3.52. The highest BCUT2D eigenvalue weighted by Gasteiger charge is 2.47. The van der Waals surface area contributed by atoms with E-state index < -0.39 is 5.72 Å². The normalized spacial score (nSPS) is 25.5. The van der Waals surface area contributed by atoms with Gasteiger partial charge in [-0.05, 0) is 38.5 Å². The Bertz CT molecular complexity index is 581. The Hall–Kier alpha value is -1.46. The van der Waals surface area contributed by atoms with Crippen molar-refractivity contribution in [3.05, 3.63) is 47.0 Å². The highest BCUT2D eigenvalue weighted by molar-refractivity contribution is 9.10. The smallest absolute Gasteiger partial charge is 0.276 e. The Labute approximate surface area is 126 Å². The van der Waals surface area contributed by atoms with Gasteiger partial charge < -0.3 is 5.11 Å². The van der Waals surface area contributed by atoms with Crippen LogP contribution in [0.2, 0.25) is 0 Å². The third-order valence-corrected chi connectivity index (χ3v) is 4.01. The van der Waals surface area contributed by atoms with E-state index in [4.69, 9.17) is 0 Å². The fourth-order valence-corrected chi connectivity index (χ4v) is 2.83. The second-order valence-electron chi connectivity index (χ2n) is 5.04. The topological polar surface area (TPSA) is 52.9 Å². The number of hydrogen-bond donors (Lipinski definition) is 1. The van der Waals surface area contributed by atoms with Crippen LogP contribution in [0.4, 0.5) is 0 Å². The van der Waals surface area contributed by atoms with Gasteiger partial charge in [-0.15, -0.1) is 6.58 Å². The van der Waals surface area contributed by atoms with E-state index in [2.05, 4.69) is 27.6 Å². The van der Waals surface area contributed by atoms with Crippen molar-refractivity contribution in [2.24, 2.45) is 11.0 Å². The van der Waals surface area contributed by atoms with Crippen molar-refractivity contribution in [1.82, 2.24) is 5.01 Å². The molecule has 0 fully saturated rings. The molecule has 0 bridgehead atoms. The largest absolute Gasteiger partial charge is 0.369 e. The molecular weight excluding hydrogens is 320 g/mol. The molecule has 0 spiro atoms. The van der Waals surface area contributed by atoms with Gasteiger partial charge in [-0.3, -0.25) is 4.79 Å². The Balaban J connectivity index is 2.34. The van der Waals surface area contributed by atoms with Crippen LogP contribution >= 0.6 is 15.9 Å². The van der Waals surface area contributed by atoms with Gasteiger partial charge in [-0.25, -0.2) is 0 Å². The number of rotatable bonds is 3. The molecule has 5 heteroatoms. The van der Waals surface area contributed by atoms with E-state index >= 15 is 0 Å². The summed E-state index contributed by atoms with van der Waals surface area (Å²) in [4.78, 5) is 12.5. The quantitative estimate of drug-likeness (QED) is 0.862. The maximum atomic E-state index is 12.5. The first kappa shape index (κ1) is 14.9. The minimum atomic E-state index is -1.34. The molecule has 1 aromatic carbocycles. The molecule has 2 atom stereocenters. The molecule has 1 amide bonds. The van der Waals surface area contributed by atoms with Gasteiger partial charge in [-0.1, -0.05) is 28.1 Å². The van der Waals surface area contributed by atoms with E-state index in [1.165, 1.54) is 0 Å². The molecule has 0 aromatic heterocycles. The molecule has 0 saturated heterocycles. The van der Waals surface area contributed by atoms with Crippen LogP contribution in [0, 0.1) is 5.92 Å². The van der Waals surface area contributed by atoms with Crippen molar-refractivity contribution in [1.29, 1.82) is 0 Å². The van der Waals surface area contributed by atoms with Crippen molar-refractivity contribution in [2.75, 3.05) is 0 Å². The molecule has 1 aliphatic heterocycles. The number of hydrazone groups is 1. The molecule has 4 nitrogen and oxygen atoms in total. The first-order chi connectivity index (χ1) is 9.37. The van der Waals surface area contributed by atoms with Gasteiger partial charge in [-0.2, -0.15) is 10.1 Å². The van der Waals surface area contributed by atoms with Crippen LogP contribution in [0.3, 0.4) is 0 Å². The summed E-state index contributed by atoms with van der Waals surface area (Å²) in [5, 5.41) is 16.0. The van der Waals surface area contributed by atoms with Gasteiger partial charge in [0, 0.05) is 15.7 Å². The number of amides is 1. The number of nitrogens with zero attached hydrogens (tertiary/aromatic N) is 2. The zero-order valence-corrected chi connectivity index (χ0v) is 13.1. The van der Waals surface area contributed by atoms with Gasteiger partial charge in [0.1, 0.15) is 0 Å². The molecule has 106 valence electrons. The van der Waals surface area contributed by atoms with E-state index in [1.807, 2.05) is 13.0 Å². The summed E-state index contributed by atoms with van der Waals surface area (Å²) in [7, 11) is 0. The van der Waals surface area contributed by atoms with Crippen LogP contribution in [-0.4, -0.2) is 27.5 Å². The minimum Gasteiger partial charge on any atom is -0.369 e. The van der Waals surface area contributed by atoms with Crippen molar-refractivity contribution >= 4 is 27.5 Å². The number of carbonyl (C=O) groups is 1. The molecule has 1 N–H and O–H groups in total. The summed E-state index contributed by atoms with van der Waals surface area (Å²) in [5.41, 5.74) is -0.119. The van der Waals surface area contributed by atoms with E-state index in [0.29, 0.717) is 12.0 Å². The SMILES string of the molecule is C=CC[C@@H]1C(C)=NN(C(=O)c2cccc(Br)c2)[C@]1(C)O. The number of halogens is 1. The molecule has 1 aromatic rings. The molecular formula is C15H17BrN2O2. The monoisotopic (exact) mass is 336 g/mol. The van der Waals surface area contributed by atoms with Gasteiger partial charge in [0.2, 0.25) is 0 Å². The Morgan fingerprint density at radius 1 is 1.65 bits per heavy atom. The first-order valence-corrected chi connectivity index (χ1v) is 7.15. The summed E-state index contributed by atoms with van der Waals surface area (Å²) in [5.74, 6) is -0.543. The number of allylic oxidation sites excluding steroid dienone is 1. The van der Waals surface area contributed by atoms with Crippen LogP contribution < -0.4 is 0 Å². The highest BCUT2D eigenvalue weighted by atomic mass is 79.9. The Kier molecular flexibility index (Phi) is 4.11. The zero-order chi connectivity index (χ0) is 14.9. The molecule has 0 unspecified atom stereocenters. The van der Waals surface area contributed by atoms with Gasteiger partial charge >= 0.3 is 0 Å². The van der Waals surface area contributed by atoms with Crippen molar-refractivity contribution in [3.8, 4) is 0 Å². The van der Waals surface area contributed by atoms with E-state index in [9.17, 15) is 9.90 Å². The minimum absolute atomic E-state index is 0.226. The lowest BCUT2D eigenvalue weighted by Crippen LogP contribution is -2.48. The summed E-state index contributed by atoms with van der Waals surface area (Å²) >= 11 is 3.33. The Morgan fingerprint density at radius 3 is 2.95 bits per heavy atom. The van der Waals surface area contributed by atoms with Crippen LogP contribution in [0.15, 0.2) is 46.5 Å². The first-order valence-electron chi connectivity index (χ1n) is 6.36. The standard InChI is InChI=1S/C15H17BrN2O2/c1-4-6-13-10(2)17-18(15(13,3)20)14(19)11-7-5-8-12(16)9-11/h4-5,7-9,13,20H,1,6H2,2-3H3/t13-,15-/m1/s1. The molecule has 0 aliphatic carbocycles. The van der Waals surface area contributed by atoms with E-state index in [1.54, 1.807) is 31.2 Å². The maximum Gasteiger partial charge on any atom is 0.276 e. The number of benzene rings is 1. The summed E-state index contributed by atoms with van der Waals surface area (Å²) in [6, 6.07) is 7.03. The lowest BCUT2D eigenvalue weighted by Gasteiger charge is -2.32. The third kappa shape index (κ3) is 2.55. The molecule has 1 aliphatic rings. The maximum absolute atomic E-state index is 12.5. The zero-order valence-electron chi connectivity index (χ0n) is 11.5. The lowest BCUT2D eigenvalue weighted by atomic mass is 9.90. The predicted molar refractivity (Wildman–Crippen MR) is 82.3 cm³/mol. The van der Waals surface area contributed by atoms with E-state index in [-0.39, 0.29) is 11.8 Å². The van der Waals surface area contributed by atoms with Crippen LogP contribution in [0.25, 0.3) is 0 Å². The molecule has 0 saturated carbocycles. The number of hydrogen-bond acceptors (Lipinski definition) is 3. The molecule has 1 heterocycles. The highest BCUT2D eigenvalue weighted by Crippen LogP contribution is 2.34. The summed E-state index contributed by atoms with van der Waals surface area (Å²) in [6.45, 7) is 7.11. The van der Waals surface area contributed by atoms with Crippen molar-refractivity contribution in [2.45, 2.75) is 26.0 Å². The second kappa shape index (κ2) is 5.50. The van der Waals surface area contributed by atoms with Crippen LogP contribution in [0.5, 0.6) is 0 Å². The van der Waals surface area contributed by atoms with Crippen molar-refractivity contribution < 1.29 is 9.90 Å². The second-order valence-corrected chi connectivity index (χ2v) is 5.96. The van der Waals surface area contributed by atoms with Gasteiger partial charge in [0.15, 0.2) is 5.72 Å². The van der Waals surface area contributed by atoms with Crippen LogP contribution in [-0.2, 0) is 0 Å². The average molecular weight is 337 g/mol. The molecule has 0 radical (unpaired) electrons. The number of carbonyl (C=O) groups excluding carboxylic acids is 1. The fourth-order valence-electron chi connectivity index (χ4n) is 2.43. The van der Waals surface area contributed by atoms with Gasteiger partial charge in [0.05, 0.1) is 5.92 Å². The predicted octanol–water partition coefficient (Wildman–Crippen LogP) is 3.18. The van der Waals surface area contributed by atoms with Crippen LogP contribution in [0.1, 0.15) is 30.6 Å². The Morgan fingerprint density at radius 2 is 2.35 bits per heavy atom.